The van der Waals surface area contributed by atoms with E-state index in [0.717, 1.165) is 63.1 Å². The molecule has 5 N–H and O–H groups in total. The average Bonchev–Trinajstić information content (AvgIpc) is 2.70. The van der Waals surface area contributed by atoms with E-state index in [0.29, 0.717) is 11.9 Å². The van der Waals surface area contributed by atoms with Crippen LogP contribution in [0.3, 0.4) is 0 Å². The van der Waals surface area contributed by atoms with Crippen molar-refractivity contribution in [2.75, 3.05) is 18.0 Å². The van der Waals surface area contributed by atoms with Gasteiger partial charge in [0.25, 0.3) is 0 Å². The first kappa shape index (κ1) is 21.0. The Hall–Kier alpha value is -2.28. The largest absolute Gasteiger partial charge is 0.489 e. The maximum Gasteiger partial charge on any atom is 0.220 e. The van der Waals surface area contributed by atoms with Gasteiger partial charge in [-0.1, -0.05) is 6.42 Å². The van der Waals surface area contributed by atoms with Crippen molar-refractivity contribution in [3.8, 4) is 5.75 Å². The van der Waals surface area contributed by atoms with Gasteiger partial charge in [0, 0.05) is 0 Å². The van der Waals surface area contributed by atoms with Crippen LogP contribution in [0.25, 0.3) is 0 Å². The lowest BCUT2D eigenvalue weighted by atomic mass is 9.85. The summed E-state index contributed by atoms with van der Waals surface area (Å²) in [6, 6.07) is 4.47. The highest BCUT2D eigenvalue weighted by Gasteiger charge is 2.44. The third-order valence-electron chi connectivity index (χ3n) is 6.58. The molecule has 1 spiro atoms. The predicted octanol–water partition coefficient (Wildman–Crippen LogP) is 3.36. The van der Waals surface area contributed by atoms with E-state index < -0.39 is 5.66 Å². The van der Waals surface area contributed by atoms with Crippen LogP contribution in [0, 0.1) is 6.92 Å². The fourth-order valence-electron chi connectivity index (χ4n) is 5.25. The van der Waals surface area contributed by atoms with Gasteiger partial charge in [-0.05, 0) is 102 Å². The molecule has 2 aliphatic heterocycles. The van der Waals surface area contributed by atoms with Crippen LogP contribution in [-0.2, 0) is 0 Å². The molecule has 7 nitrogen and oxygen atoms in total. The molecule has 1 saturated carbocycles. The highest BCUT2D eigenvalue weighted by atomic mass is 16.5. The molecule has 1 saturated heterocycles. The Balaban J connectivity index is 1.81. The number of nitrogens with one attached hydrogen (secondary N) is 1. The van der Waals surface area contributed by atoms with Gasteiger partial charge < -0.3 is 21.5 Å². The lowest BCUT2D eigenvalue weighted by Gasteiger charge is -2.46. The summed E-state index contributed by atoms with van der Waals surface area (Å²) in [7, 11) is 0. The summed E-state index contributed by atoms with van der Waals surface area (Å²) in [5.74, 6) is 2.11. The number of aliphatic imine (C=N–C) groups is 2. The Morgan fingerprint density at radius 1 is 1.13 bits per heavy atom. The Bertz CT molecular complexity index is 834. The number of guanidine groups is 2. The van der Waals surface area contributed by atoms with Crippen molar-refractivity contribution in [3.05, 3.63) is 23.3 Å². The lowest BCUT2D eigenvalue weighted by Crippen LogP contribution is -2.58. The highest BCUT2D eigenvalue weighted by molar-refractivity contribution is 6.06. The first-order valence-corrected chi connectivity index (χ1v) is 11.4. The molecule has 2 heterocycles. The smallest absolute Gasteiger partial charge is 0.220 e. The second kappa shape index (κ2) is 8.46. The van der Waals surface area contributed by atoms with Gasteiger partial charge in [-0.15, -0.1) is 0 Å². The molecule has 164 valence electrons. The molecule has 1 aromatic rings. The predicted molar refractivity (Wildman–Crippen MR) is 123 cm³/mol. The van der Waals surface area contributed by atoms with Gasteiger partial charge in [0.05, 0.1) is 11.8 Å². The zero-order chi connectivity index (χ0) is 21.3. The van der Waals surface area contributed by atoms with Crippen molar-refractivity contribution < 1.29 is 4.74 Å². The van der Waals surface area contributed by atoms with E-state index in [4.69, 9.17) is 21.2 Å². The molecule has 4 rings (SSSR count). The van der Waals surface area contributed by atoms with Gasteiger partial charge in [0.15, 0.2) is 0 Å². The third-order valence-corrected chi connectivity index (χ3v) is 6.58. The second-order valence-electron chi connectivity index (χ2n) is 9.19. The van der Waals surface area contributed by atoms with Gasteiger partial charge in [-0.3, -0.25) is 4.90 Å². The first-order valence-electron chi connectivity index (χ1n) is 11.4. The minimum atomic E-state index is -0.466. The van der Waals surface area contributed by atoms with E-state index >= 15 is 0 Å². The number of rotatable bonds is 4. The third kappa shape index (κ3) is 4.00. The van der Waals surface area contributed by atoms with Crippen LogP contribution < -0.4 is 26.4 Å². The molecule has 0 amide bonds. The Morgan fingerprint density at radius 3 is 2.50 bits per heavy atom. The molecular weight excluding hydrogens is 376 g/mol. The standard InChI is InChI=1S/C23H36N6O/c1-15(2)30-20-14-18(17-7-11-26-12-8-17)16(3)13-19(20)29-22(25)27-21(24)28-23(29)9-5-4-6-10-23/h13-15,17,26H,4-12H2,1-3H3,(H4,24,25,27,28). The van der Waals surface area contributed by atoms with Crippen molar-refractivity contribution in [2.45, 2.75) is 83.4 Å². The molecule has 0 aromatic heterocycles. The minimum absolute atomic E-state index is 0.0613. The van der Waals surface area contributed by atoms with Crippen LogP contribution in [0.5, 0.6) is 5.75 Å². The number of aryl methyl sites for hydroxylation is 1. The molecule has 0 radical (unpaired) electrons. The maximum atomic E-state index is 6.49. The van der Waals surface area contributed by atoms with Crippen LogP contribution in [-0.4, -0.2) is 36.8 Å². The minimum Gasteiger partial charge on any atom is -0.489 e. The molecule has 2 fully saturated rings. The number of hydrogen-bond donors (Lipinski definition) is 3. The zero-order valence-electron chi connectivity index (χ0n) is 18.6. The quantitative estimate of drug-likeness (QED) is 0.704. The van der Waals surface area contributed by atoms with Gasteiger partial charge in [-0.2, -0.15) is 4.99 Å². The Morgan fingerprint density at radius 2 is 1.83 bits per heavy atom. The molecule has 30 heavy (non-hydrogen) atoms. The van der Waals surface area contributed by atoms with E-state index in [1.54, 1.807) is 0 Å². The molecule has 1 aromatic carbocycles. The van der Waals surface area contributed by atoms with Crippen molar-refractivity contribution in [2.24, 2.45) is 21.5 Å². The summed E-state index contributed by atoms with van der Waals surface area (Å²) in [6.45, 7) is 8.45. The van der Waals surface area contributed by atoms with Crippen molar-refractivity contribution in [1.82, 2.24) is 5.32 Å². The van der Waals surface area contributed by atoms with Crippen LogP contribution in [0.1, 0.15) is 75.8 Å². The Labute approximate surface area is 180 Å². The van der Waals surface area contributed by atoms with Crippen molar-refractivity contribution in [3.63, 3.8) is 0 Å². The van der Waals surface area contributed by atoms with Gasteiger partial charge in [0.2, 0.25) is 11.9 Å². The molecule has 1 aliphatic carbocycles. The van der Waals surface area contributed by atoms with E-state index in [1.165, 1.54) is 17.5 Å². The number of benzene rings is 1. The van der Waals surface area contributed by atoms with Crippen LogP contribution in [0.4, 0.5) is 5.69 Å². The van der Waals surface area contributed by atoms with Crippen LogP contribution in [0.15, 0.2) is 22.1 Å². The highest BCUT2D eigenvalue weighted by Crippen LogP contribution is 2.45. The molecule has 0 bridgehead atoms. The van der Waals surface area contributed by atoms with Crippen molar-refractivity contribution in [1.29, 1.82) is 0 Å². The van der Waals surface area contributed by atoms with Gasteiger partial charge >= 0.3 is 0 Å². The van der Waals surface area contributed by atoms with Gasteiger partial charge in [-0.25, -0.2) is 4.99 Å². The lowest BCUT2D eigenvalue weighted by molar-refractivity contribution is 0.239. The number of hydrogen-bond acceptors (Lipinski definition) is 7. The van der Waals surface area contributed by atoms with Gasteiger partial charge in [0.1, 0.15) is 11.4 Å². The van der Waals surface area contributed by atoms with E-state index in [9.17, 15) is 0 Å². The maximum absolute atomic E-state index is 6.49. The van der Waals surface area contributed by atoms with Crippen molar-refractivity contribution >= 4 is 17.6 Å². The number of nitrogens with two attached hydrogens (primary N) is 2. The topological polar surface area (TPSA) is 101 Å². The fraction of sp³-hybridized carbons (Fsp3) is 0.652. The second-order valence-corrected chi connectivity index (χ2v) is 9.19. The average molecular weight is 413 g/mol. The van der Waals surface area contributed by atoms with E-state index in [1.807, 2.05) is 0 Å². The van der Waals surface area contributed by atoms with E-state index in [2.05, 4.69) is 48.1 Å². The van der Waals surface area contributed by atoms with E-state index in [-0.39, 0.29) is 12.1 Å². The fourth-order valence-corrected chi connectivity index (χ4v) is 5.25. The molecule has 0 unspecified atom stereocenters. The summed E-state index contributed by atoms with van der Waals surface area (Å²) in [4.78, 5) is 11.3. The zero-order valence-corrected chi connectivity index (χ0v) is 18.6. The normalized spacial score (nSPS) is 22.2. The molecular formula is C23H36N6O. The summed E-state index contributed by atoms with van der Waals surface area (Å²) in [5.41, 5.74) is 15.7. The van der Waals surface area contributed by atoms with Crippen LogP contribution >= 0.6 is 0 Å². The number of piperidine rings is 1. The molecule has 0 atom stereocenters. The van der Waals surface area contributed by atoms with Crippen LogP contribution in [0.2, 0.25) is 0 Å². The SMILES string of the molecule is Cc1cc(N2C(N)=NC(N)=NC23CCCCC3)c(OC(C)C)cc1C1CCNCC1. The monoisotopic (exact) mass is 412 g/mol. The number of anilines is 1. The summed E-state index contributed by atoms with van der Waals surface area (Å²) in [5, 5.41) is 3.46. The molecule has 3 aliphatic rings. The summed E-state index contributed by atoms with van der Waals surface area (Å²) >= 11 is 0. The number of nitrogens with zero attached hydrogens (tertiary/aromatic N) is 3. The summed E-state index contributed by atoms with van der Waals surface area (Å²) in [6.07, 6.45) is 7.62. The molecule has 7 heteroatoms. The summed E-state index contributed by atoms with van der Waals surface area (Å²) < 4.78 is 6.35. The first-order chi connectivity index (χ1) is 14.4. The Kier molecular flexibility index (Phi) is 5.91. The number of ether oxygens (including phenoxy) is 1.